The fourth-order valence-corrected chi connectivity index (χ4v) is 2.52. The molecule has 2 N–H and O–H groups in total. The lowest BCUT2D eigenvalue weighted by atomic mass is 10.2. The van der Waals surface area contributed by atoms with Crippen LogP contribution in [0.1, 0.15) is 18.0 Å². The summed E-state index contributed by atoms with van der Waals surface area (Å²) in [6, 6.07) is 8.75. The summed E-state index contributed by atoms with van der Waals surface area (Å²) in [5.74, 6) is 1.26. The second kappa shape index (κ2) is 6.81. The average molecular weight is 330 g/mol. The van der Waals surface area contributed by atoms with Crippen LogP contribution >= 0.6 is 11.6 Å². The third kappa shape index (κ3) is 3.36. The van der Waals surface area contributed by atoms with Crippen LogP contribution in [0.3, 0.4) is 0 Å². The van der Waals surface area contributed by atoms with Crippen LogP contribution in [-0.2, 0) is 6.54 Å². The van der Waals surface area contributed by atoms with Gasteiger partial charge in [-0.25, -0.2) is 4.98 Å². The summed E-state index contributed by atoms with van der Waals surface area (Å²) in [6.07, 6.45) is 5.83. The molecule has 118 valence electrons. The van der Waals surface area contributed by atoms with Crippen LogP contribution in [0.2, 0.25) is 5.02 Å². The van der Waals surface area contributed by atoms with Crippen molar-refractivity contribution in [1.82, 2.24) is 9.55 Å². The molecule has 1 aromatic carbocycles. The zero-order chi connectivity index (χ0) is 16.2. The average Bonchev–Trinajstić information content (AvgIpc) is 3.06. The molecule has 0 radical (unpaired) electrons. The molecule has 0 aliphatic rings. The number of furan rings is 1. The molecular weight excluding hydrogens is 314 g/mol. The van der Waals surface area contributed by atoms with Crippen LogP contribution in [0.4, 0.5) is 0 Å². The van der Waals surface area contributed by atoms with E-state index in [0.29, 0.717) is 47.0 Å². The normalized spacial score (nSPS) is 11.6. The van der Waals surface area contributed by atoms with Crippen molar-refractivity contribution in [2.24, 2.45) is 5.73 Å². The van der Waals surface area contributed by atoms with Crippen molar-refractivity contribution in [3.8, 4) is 0 Å². The molecule has 0 saturated carbocycles. The van der Waals surface area contributed by atoms with Crippen molar-refractivity contribution in [3.05, 3.63) is 63.6 Å². The Balaban J connectivity index is 2.14. The summed E-state index contributed by atoms with van der Waals surface area (Å²) in [6.45, 7) is 1.00. The Bertz CT molecular complexity index is 898. The summed E-state index contributed by atoms with van der Waals surface area (Å²) < 4.78 is 6.89. The van der Waals surface area contributed by atoms with E-state index < -0.39 is 0 Å². The Morgan fingerprint density at radius 2 is 2.17 bits per heavy atom. The molecule has 0 spiro atoms. The van der Waals surface area contributed by atoms with Gasteiger partial charge in [0, 0.05) is 11.6 Å². The lowest BCUT2D eigenvalue weighted by Crippen LogP contribution is -2.25. The Hall–Kier alpha value is -2.37. The fraction of sp³-hybridized carbons (Fsp3) is 0.176. The predicted octanol–water partition coefficient (Wildman–Crippen LogP) is 3.16. The van der Waals surface area contributed by atoms with Gasteiger partial charge in [0.25, 0.3) is 5.56 Å². The highest BCUT2D eigenvalue weighted by molar-refractivity contribution is 6.31. The molecule has 3 aromatic rings. The number of hydrogen-bond donors (Lipinski definition) is 1. The summed E-state index contributed by atoms with van der Waals surface area (Å²) in [5, 5.41) is 1.02. The molecule has 2 heterocycles. The molecule has 6 heteroatoms. The summed E-state index contributed by atoms with van der Waals surface area (Å²) in [7, 11) is 0. The van der Waals surface area contributed by atoms with Crippen molar-refractivity contribution in [2.45, 2.75) is 13.0 Å². The second-order valence-corrected chi connectivity index (χ2v) is 5.52. The molecule has 0 unspecified atom stereocenters. The van der Waals surface area contributed by atoms with Crippen molar-refractivity contribution >= 4 is 34.7 Å². The first-order chi connectivity index (χ1) is 11.2. The first-order valence-electron chi connectivity index (χ1n) is 7.31. The van der Waals surface area contributed by atoms with Gasteiger partial charge in [0.05, 0.1) is 17.2 Å². The minimum Gasteiger partial charge on any atom is -0.465 e. The number of hydrogen-bond acceptors (Lipinski definition) is 4. The maximum absolute atomic E-state index is 12.7. The minimum absolute atomic E-state index is 0.120. The molecule has 0 bridgehead atoms. The van der Waals surface area contributed by atoms with E-state index in [-0.39, 0.29) is 5.56 Å². The van der Waals surface area contributed by atoms with Gasteiger partial charge in [0.1, 0.15) is 11.6 Å². The largest absolute Gasteiger partial charge is 0.465 e. The molecule has 0 aliphatic heterocycles. The standard InChI is InChI=1S/C17H16ClN3O2/c18-12-4-6-15-14(11-12)17(22)21(9-2-8-19)16(20-15)7-5-13-3-1-10-23-13/h1,3-7,10-11H,2,8-9,19H2/b7-5+. The minimum atomic E-state index is -0.120. The van der Waals surface area contributed by atoms with Crippen LogP contribution in [-0.4, -0.2) is 16.1 Å². The highest BCUT2D eigenvalue weighted by Crippen LogP contribution is 2.16. The number of halogens is 1. The van der Waals surface area contributed by atoms with Crippen molar-refractivity contribution in [3.63, 3.8) is 0 Å². The molecule has 23 heavy (non-hydrogen) atoms. The molecule has 5 nitrogen and oxygen atoms in total. The highest BCUT2D eigenvalue weighted by Gasteiger charge is 2.09. The van der Waals surface area contributed by atoms with Gasteiger partial charge in [0.2, 0.25) is 0 Å². The Kier molecular flexibility index (Phi) is 4.60. The summed E-state index contributed by atoms with van der Waals surface area (Å²) in [5.41, 5.74) is 6.07. The summed E-state index contributed by atoms with van der Waals surface area (Å²) in [4.78, 5) is 17.3. The van der Waals surface area contributed by atoms with E-state index in [1.54, 1.807) is 47.2 Å². The molecule has 0 fully saturated rings. The SMILES string of the molecule is NCCCn1c(/C=C/c2ccco2)nc2ccc(Cl)cc2c1=O. The van der Waals surface area contributed by atoms with Gasteiger partial charge in [-0.1, -0.05) is 11.6 Å². The molecule has 0 aliphatic carbocycles. The Morgan fingerprint density at radius 1 is 1.30 bits per heavy atom. The van der Waals surface area contributed by atoms with E-state index in [1.165, 1.54) is 0 Å². The quantitative estimate of drug-likeness (QED) is 0.780. The number of benzene rings is 1. The van der Waals surface area contributed by atoms with Gasteiger partial charge in [-0.15, -0.1) is 0 Å². The number of fused-ring (bicyclic) bond motifs is 1. The maximum Gasteiger partial charge on any atom is 0.261 e. The molecule has 3 rings (SSSR count). The maximum atomic E-state index is 12.7. The van der Waals surface area contributed by atoms with E-state index >= 15 is 0 Å². The topological polar surface area (TPSA) is 74.1 Å². The van der Waals surface area contributed by atoms with E-state index in [9.17, 15) is 4.79 Å². The first kappa shape index (κ1) is 15.5. The van der Waals surface area contributed by atoms with Crippen molar-refractivity contribution in [2.75, 3.05) is 6.54 Å². The molecular formula is C17H16ClN3O2. The monoisotopic (exact) mass is 329 g/mol. The van der Waals surface area contributed by atoms with E-state index in [0.717, 1.165) is 0 Å². The molecule has 0 saturated heterocycles. The molecule has 0 amide bonds. The zero-order valence-corrected chi connectivity index (χ0v) is 13.2. The zero-order valence-electron chi connectivity index (χ0n) is 12.4. The number of nitrogens with zero attached hydrogens (tertiary/aromatic N) is 2. The van der Waals surface area contributed by atoms with E-state index in [4.69, 9.17) is 21.8 Å². The van der Waals surface area contributed by atoms with Gasteiger partial charge < -0.3 is 10.2 Å². The van der Waals surface area contributed by atoms with Crippen LogP contribution in [0.25, 0.3) is 23.1 Å². The molecule has 0 atom stereocenters. The van der Waals surface area contributed by atoms with Gasteiger partial charge >= 0.3 is 0 Å². The van der Waals surface area contributed by atoms with E-state index in [1.807, 2.05) is 6.07 Å². The van der Waals surface area contributed by atoms with Crippen LogP contribution in [0, 0.1) is 0 Å². The second-order valence-electron chi connectivity index (χ2n) is 5.08. The fourth-order valence-electron chi connectivity index (χ4n) is 2.35. The lowest BCUT2D eigenvalue weighted by molar-refractivity contribution is 0.557. The van der Waals surface area contributed by atoms with Gasteiger partial charge in [-0.3, -0.25) is 9.36 Å². The highest BCUT2D eigenvalue weighted by atomic mass is 35.5. The van der Waals surface area contributed by atoms with Gasteiger partial charge in [0.15, 0.2) is 0 Å². The first-order valence-corrected chi connectivity index (χ1v) is 7.68. The Morgan fingerprint density at radius 3 is 2.91 bits per heavy atom. The smallest absolute Gasteiger partial charge is 0.261 e. The van der Waals surface area contributed by atoms with Gasteiger partial charge in [-0.05, 0) is 55.4 Å². The number of nitrogens with two attached hydrogens (primary N) is 1. The molecule has 2 aromatic heterocycles. The van der Waals surface area contributed by atoms with Crippen molar-refractivity contribution in [1.29, 1.82) is 0 Å². The number of aromatic nitrogens is 2. The van der Waals surface area contributed by atoms with Crippen LogP contribution < -0.4 is 11.3 Å². The Labute approximate surface area is 138 Å². The van der Waals surface area contributed by atoms with Crippen LogP contribution in [0.15, 0.2) is 45.8 Å². The number of rotatable bonds is 5. The van der Waals surface area contributed by atoms with E-state index in [2.05, 4.69) is 4.98 Å². The van der Waals surface area contributed by atoms with Gasteiger partial charge in [-0.2, -0.15) is 0 Å². The third-order valence-electron chi connectivity index (χ3n) is 3.47. The lowest BCUT2D eigenvalue weighted by Gasteiger charge is -2.10. The predicted molar refractivity (Wildman–Crippen MR) is 92.3 cm³/mol. The summed E-state index contributed by atoms with van der Waals surface area (Å²) >= 11 is 5.99. The van der Waals surface area contributed by atoms with Crippen molar-refractivity contribution < 1.29 is 4.42 Å². The third-order valence-corrected chi connectivity index (χ3v) is 3.71. The van der Waals surface area contributed by atoms with Crippen LogP contribution in [0.5, 0.6) is 0 Å².